The van der Waals surface area contributed by atoms with Crippen molar-refractivity contribution in [3.63, 3.8) is 0 Å². The standard InChI is InChI=1S/C35H46F2N4O6/c1-22-17-30(44-5)27(25-9-12-41(32(22)25)34(43)47-35(2,3)4)19-40-14-13-39(21-31(36)37)20-29(40)23-7-8-26(33(42)45-6)28(18-23)38-24-10-15-46-16-11-24/h7-9,12,17-18,24,29,31,38H,10-11,13-16,19-21H2,1-6H3. The SMILES string of the molecule is COC(=O)c1ccc(C2CN(CC(F)F)CCN2Cc2c(OC)cc(C)c3c2ccn3C(=O)OC(C)(C)C)cc1NC1CCOCC1. The molecular weight excluding hydrogens is 610 g/mol. The van der Waals surface area contributed by atoms with Crippen LogP contribution in [0.5, 0.6) is 5.75 Å². The quantitative estimate of drug-likeness (QED) is 0.269. The lowest BCUT2D eigenvalue weighted by atomic mass is 9.96. The fraction of sp³-hybridized carbons (Fsp3) is 0.543. The Kier molecular flexibility index (Phi) is 10.7. The van der Waals surface area contributed by atoms with Crippen LogP contribution >= 0.6 is 0 Å². The fourth-order valence-corrected chi connectivity index (χ4v) is 6.56. The molecule has 5 rings (SSSR count). The molecule has 0 amide bonds. The van der Waals surface area contributed by atoms with E-state index in [2.05, 4.69) is 10.2 Å². The van der Waals surface area contributed by atoms with E-state index < -0.39 is 24.1 Å². The highest BCUT2D eigenvalue weighted by atomic mass is 19.3. The van der Waals surface area contributed by atoms with Crippen LogP contribution < -0.4 is 10.1 Å². The van der Waals surface area contributed by atoms with E-state index in [1.54, 1.807) is 24.3 Å². The van der Waals surface area contributed by atoms with Crippen LogP contribution in [0.25, 0.3) is 10.9 Å². The number of halogens is 2. The Morgan fingerprint density at radius 3 is 2.49 bits per heavy atom. The van der Waals surface area contributed by atoms with Crippen LogP contribution in [0.3, 0.4) is 0 Å². The van der Waals surface area contributed by atoms with Gasteiger partial charge in [0.1, 0.15) is 11.4 Å². The van der Waals surface area contributed by atoms with Gasteiger partial charge >= 0.3 is 12.1 Å². The second-order valence-electron chi connectivity index (χ2n) is 13.3. The third-order valence-corrected chi connectivity index (χ3v) is 8.79. The van der Waals surface area contributed by atoms with E-state index in [-0.39, 0.29) is 18.6 Å². The Labute approximate surface area is 274 Å². The van der Waals surface area contributed by atoms with Crippen LogP contribution in [0, 0.1) is 6.92 Å². The predicted octanol–water partition coefficient (Wildman–Crippen LogP) is 6.24. The molecule has 1 aromatic heterocycles. The van der Waals surface area contributed by atoms with Gasteiger partial charge in [0.25, 0.3) is 6.43 Å². The largest absolute Gasteiger partial charge is 0.496 e. The first-order valence-corrected chi connectivity index (χ1v) is 16.1. The zero-order chi connectivity index (χ0) is 33.9. The number of hydrogen-bond acceptors (Lipinski definition) is 9. The second-order valence-corrected chi connectivity index (χ2v) is 13.3. The van der Waals surface area contributed by atoms with Gasteiger partial charge in [0.15, 0.2) is 0 Å². The molecule has 0 saturated carbocycles. The number of carbonyl (C=O) groups excluding carboxylic acids is 2. The second kappa shape index (κ2) is 14.6. The van der Waals surface area contributed by atoms with E-state index in [4.69, 9.17) is 18.9 Å². The van der Waals surface area contributed by atoms with Crippen molar-refractivity contribution in [2.24, 2.45) is 0 Å². The maximum atomic E-state index is 13.6. The zero-order valence-corrected chi connectivity index (χ0v) is 28.1. The molecule has 0 aliphatic carbocycles. The lowest BCUT2D eigenvalue weighted by molar-refractivity contribution is 0.0245. The van der Waals surface area contributed by atoms with Crippen molar-refractivity contribution in [2.45, 2.75) is 71.2 Å². The van der Waals surface area contributed by atoms with E-state index in [1.165, 1.54) is 11.7 Å². The molecule has 1 unspecified atom stereocenters. The topological polar surface area (TPSA) is 94.5 Å². The van der Waals surface area contributed by atoms with Crippen LogP contribution in [0.4, 0.5) is 19.3 Å². The van der Waals surface area contributed by atoms with Crippen LogP contribution in [-0.4, -0.2) is 98.1 Å². The van der Waals surface area contributed by atoms with Crippen LogP contribution in [0.15, 0.2) is 36.5 Å². The van der Waals surface area contributed by atoms with Crippen LogP contribution in [0.1, 0.15) is 66.7 Å². The minimum Gasteiger partial charge on any atom is -0.496 e. The summed E-state index contributed by atoms with van der Waals surface area (Å²) in [5.41, 5.74) is 3.76. The van der Waals surface area contributed by atoms with E-state index in [0.29, 0.717) is 56.4 Å². The lowest BCUT2D eigenvalue weighted by Crippen LogP contribution is -2.49. The van der Waals surface area contributed by atoms with E-state index in [0.717, 1.165) is 40.4 Å². The summed E-state index contributed by atoms with van der Waals surface area (Å²) in [5.74, 6) is 0.223. The molecule has 2 saturated heterocycles. The molecule has 3 heterocycles. The molecule has 1 atom stereocenters. The van der Waals surface area contributed by atoms with Crippen LogP contribution in [0.2, 0.25) is 0 Å². The molecule has 1 N–H and O–H groups in total. The van der Waals surface area contributed by atoms with Gasteiger partial charge in [-0.05, 0) is 75.9 Å². The monoisotopic (exact) mass is 656 g/mol. The first-order chi connectivity index (χ1) is 22.4. The summed E-state index contributed by atoms with van der Waals surface area (Å²) in [6.45, 7) is 10.1. The summed E-state index contributed by atoms with van der Waals surface area (Å²) < 4.78 is 50.9. The Morgan fingerprint density at radius 2 is 1.83 bits per heavy atom. The number of methoxy groups -OCH3 is 2. The van der Waals surface area contributed by atoms with Gasteiger partial charge < -0.3 is 24.3 Å². The molecule has 2 aliphatic heterocycles. The van der Waals surface area contributed by atoms with Gasteiger partial charge in [-0.15, -0.1) is 0 Å². The van der Waals surface area contributed by atoms with E-state index >= 15 is 0 Å². The number of hydrogen-bond donors (Lipinski definition) is 1. The molecule has 2 aromatic carbocycles. The Hall–Kier alpha value is -3.74. The summed E-state index contributed by atoms with van der Waals surface area (Å²) in [5, 5.41) is 4.38. The van der Waals surface area contributed by atoms with E-state index in [1.807, 2.05) is 52.0 Å². The molecule has 12 heteroatoms. The van der Waals surface area contributed by atoms with Crippen molar-refractivity contribution in [3.05, 3.63) is 58.8 Å². The maximum Gasteiger partial charge on any atom is 0.419 e. The number of benzene rings is 2. The molecule has 0 radical (unpaired) electrons. The highest BCUT2D eigenvalue weighted by Gasteiger charge is 2.32. The number of rotatable bonds is 9. The molecule has 10 nitrogen and oxygen atoms in total. The first-order valence-electron chi connectivity index (χ1n) is 16.1. The number of esters is 1. The molecule has 0 bridgehead atoms. The first kappa shape index (κ1) is 34.6. The van der Waals surface area contributed by atoms with Gasteiger partial charge in [0.05, 0.1) is 31.8 Å². The van der Waals surface area contributed by atoms with Crippen molar-refractivity contribution < 1.29 is 37.3 Å². The van der Waals surface area contributed by atoms with Crippen molar-refractivity contribution in [3.8, 4) is 5.75 Å². The minimum atomic E-state index is -2.46. The van der Waals surface area contributed by atoms with Crippen molar-refractivity contribution in [2.75, 3.05) is 58.9 Å². The van der Waals surface area contributed by atoms with Gasteiger partial charge in [0.2, 0.25) is 0 Å². The number of piperazine rings is 1. The third-order valence-electron chi connectivity index (χ3n) is 8.79. The summed E-state index contributed by atoms with van der Waals surface area (Å²) in [6.07, 6.45) is 0.384. The fourth-order valence-electron chi connectivity index (χ4n) is 6.56. The van der Waals surface area contributed by atoms with Crippen molar-refractivity contribution in [1.82, 2.24) is 14.4 Å². The molecule has 0 spiro atoms. The number of nitrogens with zero attached hydrogens (tertiary/aromatic N) is 3. The van der Waals surface area contributed by atoms with Gasteiger partial charge in [-0.1, -0.05) is 6.07 Å². The number of fused-ring (bicyclic) bond motifs is 1. The summed E-state index contributed by atoms with van der Waals surface area (Å²) in [4.78, 5) is 30.0. The lowest BCUT2D eigenvalue weighted by Gasteiger charge is -2.42. The van der Waals surface area contributed by atoms with E-state index in [9.17, 15) is 18.4 Å². The predicted molar refractivity (Wildman–Crippen MR) is 176 cm³/mol. The Morgan fingerprint density at radius 1 is 1.09 bits per heavy atom. The average Bonchev–Trinajstić information content (AvgIpc) is 3.48. The van der Waals surface area contributed by atoms with Gasteiger partial charge in [0, 0.05) is 74.3 Å². The highest BCUT2D eigenvalue weighted by molar-refractivity contribution is 5.96. The number of ether oxygens (including phenoxy) is 4. The molecule has 3 aromatic rings. The molecule has 47 heavy (non-hydrogen) atoms. The molecule has 2 fully saturated rings. The highest BCUT2D eigenvalue weighted by Crippen LogP contribution is 2.37. The molecule has 2 aliphatic rings. The number of anilines is 1. The van der Waals surface area contributed by atoms with Gasteiger partial charge in [-0.2, -0.15) is 0 Å². The minimum absolute atomic E-state index is 0.124. The summed E-state index contributed by atoms with van der Waals surface area (Å²) in [6, 6.07) is 9.24. The Bertz CT molecular complexity index is 1580. The third kappa shape index (κ3) is 8.05. The molecular formula is C35H46F2N4O6. The summed E-state index contributed by atoms with van der Waals surface area (Å²) >= 11 is 0. The van der Waals surface area contributed by atoms with Gasteiger partial charge in [-0.3, -0.25) is 14.4 Å². The number of aryl methyl sites for hydroxylation is 1. The smallest absolute Gasteiger partial charge is 0.419 e. The zero-order valence-electron chi connectivity index (χ0n) is 28.1. The number of carbonyl (C=O) groups is 2. The average molecular weight is 657 g/mol. The number of alkyl halides is 2. The number of aromatic nitrogens is 1. The normalized spacial score (nSPS) is 18.4. The Balaban J connectivity index is 1.54. The van der Waals surface area contributed by atoms with Crippen molar-refractivity contribution in [1.29, 1.82) is 0 Å². The van der Waals surface area contributed by atoms with Crippen LogP contribution in [-0.2, 0) is 20.8 Å². The van der Waals surface area contributed by atoms with Gasteiger partial charge in [-0.25, -0.2) is 18.4 Å². The van der Waals surface area contributed by atoms with Crippen molar-refractivity contribution >= 4 is 28.7 Å². The maximum absolute atomic E-state index is 13.6. The molecule has 256 valence electrons. The number of nitrogens with one attached hydrogen (secondary N) is 1. The summed E-state index contributed by atoms with van der Waals surface area (Å²) in [7, 11) is 2.97.